The Morgan fingerprint density at radius 1 is 1.32 bits per heavy atom. The molecular weight excluding hydrogens is 278 g/mol. The predicted octanol–water partition coefficient (Wildman–Crippen LogP) is 3.90. The van der Waals surface area contributed by atoms with Crippen molar-refractivity contribution in [3.63, 3.8) is 0 Å². The lowest BCUT2D eigenvalue weighted by Crippen LogP contribution is -2.02. The molecule has 2 aromatic heterocycles. The molecule has 19 heavy (non-hydrogen) atoms. The van der Waals surface area contributed by atoms with Gasteiger partial charge in [-0.15, -0.1) is 22.9 Å². The third-order valence-electron chi connectivity index (χ3n) is 3.09. The van der Waals surface area contributed by atoms with Crippen molar-refractivity contribution < 1.29 is 0 Å². The van der Waals surface area contributed by atoms with E-state index in [2.05, 4.69) is 39.7 Å². The minimum absolute atomic E-state index is 0.422. The number of rotatable bonds is 3. The van der Waals surface area contributed by atoms with Crippen molar-refractivity contribution in [3.05, 3.63) is 45.7 Å². The summed E-state index contributed by atoms with van der Waals surface area (Å²) in [6, 6.07) is 6.32. The van der Waals surface area contributed by atoms with Crippen molar-refractivity contribution >= 4 is 34.0 Å². The Morgan fingerprint density at radius 2 is 2.16 bits per heavy atom. The minimum atomic E-state index is 0.422. The fourth-order valence-corrected chi connectivity index (χ4v) is 3.19. The van der Waals surface area contributed by atoms with Crippen molar-refractivity contribution in [2.75, 3.05) is 0 Å². The standard InChI is InChI=1S/C14H14ClN3S/c1-9-3-4-13-12(5-9)17-14(6-15)18(13)8-11-7-16-10(2)19-11/h3-5,7H,6,8H2,1-2H3. The summed E-state index contributed by atoms with van der Waals surface area (Å²) in [6.07, 6.45) is 1.93. The Bertz CT molecular complexity index is 729. The fraction of sp³-hybridized carbons (Fsp3) is 0.286. The van der Waals surface area contributed by atoms with Crippen LogP contribution in [0.2, 0.25) is 0 Å². The van der Waals surface area contributed by atoms with Crippen LogP contribution in [0.1, 0.15) is 21.3 Å². The summed E-state index contributed by atoms with van der Waals surface area (Å²) in [4.78, 5) is 10.1. The van der Waals surface area contributed by atoms with Gasteiger partial charge in [0.15, 0.2) is 0 Å². The van der Waals surface area contributed by atoms with Gasteiger partial charge in [-0.05, 0) is 31.5 Å². The van der Waals surface area contributed by atoms with Crippen molar-refractivity contribution in [3.8, 4) is 0 Å². The highest BCUT2D eigenvalue weighted by molar-refractivity contribution is 7.11. The van der Waals surface area contributed by atoms with E-state index in [1.54, 1.807) is 11.3 Å². The first-order valence-corrected chi connectivity index (χ1v) is 7.45. The fourth-order valence-electron chi connectivity index (χ4n) is 2.20. The number of aromatic nitrogens is 3. The first-order valence-electron chi connectivity index (χ1n) is 6.10. The van der Waals surface area contributed by atoms with Gasteiger partial charge in [0.2, 0.25) is 0 Å². The third-order valence-corrected chi connectivity index (χ3v) is 4.22. The summed E-state index contributed by atoms with van der Waals surface area (Å²) in [6.45, 7) is 4.88. The van der Waals surface area contributed by atoms with Crippen molar-refractivity contribution in [2.24, 2.45) is 0 Å². The summed E-state index contributed by atoms with van der Waals surface area (Å²) < 4.78 is 2.18. The van der Waals surface area contributed by atoms with Crippen LogP contribution in [-0.2, 0) is 12.4 Å². The lowest BCUT2D eigenvalue weighted by molar-refractivity contribution is 0.787. The van der Waals surface area contributed by atoms with Crippen molar-refractivity contribution in [2.45, 2.75) is 26.3 Å². The Hall–Kier alpha value is -1.39. The molecule has 0 aliphatic carbocycles. The molecule has 0 fully saturated rings. The van der Waals surface area contributed by atoms with Crippen LogP contribution in [0, 0.1) is 13.8 Å². The molecule has 0 amide bonds. The zero-order chi connectivity index (χ0) is 13.4. The average molecular weight is 292 g/mol. The minimum Gasteiger partial charge on any atom is -0.322 e. The molecular formula is C14H14ClN3S. The third kappa shape index (κ3) is 2.38. The van der Waals surface area contributed by atoms with Crippen molar-refractivity contribution in [1.82, 2.24) is 14.5 Å². The number of alkyl halides is 1. The molecule has 2 heterocycles. The second-order valence-corrected chi connectivity index (χ2v) is 6.17. The molecule has 3 aromatic rings. The number of benzene rings is 1. The molecule has 3 nitrogen and oxygen atoms in total. The van der Waals surface area contributed by atoms with Gasteiger partial charge in [-0.25, -0.2) is 9.97 Å². The zero-order valence-corrected chi connectivity index (χ0v) is 12.4. The van der Waals surface area contributed by atoms with Crippen LogP contribution in [-0.4, -0.2) is 14.5 Å². The van der Waals surface area contributed by atoms with E-state index < -0.39 is 0 Å². The smallest absolute Gasteiger partial charge is 0.125 e. The highest BCUT2D eigenvalue weighted by atomic mass is 35.5. The van der Waals surface area contributed by atoms with Gasteiger partial charge in [-0.1, -0.05) is 6.07 Å². The first-order chi connectivity index (χ1) is 9.17. The molecule has 5 heteroatoms. The van der Waals surface area contributed by atoms with Gasteiger partial charge in [0, 0.05) is 11.1 Å². The Morgan fingerprint density at radius 3 is 2.84 bits per heavy atom. The molecule has 0 radical (unpaired) electrons. The van der Waals surface area contributed by atoms with Crippen LogP contribution < -0.4 is 0 Å². The maximum atomic E-state index is 6.02. The summed E-state index contributed by atoms with van der Waals surface area (Å²) in [5.74, 6) is 1.33. The van der Waals surface area contributed by atoms with Gasteiger partial charge in [0.05, 0.1) is 28.5 Å². The van der Waals surface area contributed by atoms with Crippen LogP contribution in [0.15, 0.2) is 24.4 Å². The van der Waals surface area contributed by atoms with Gasteiger partial charge in [-0.2, -0.15) is 0 Å². The Kier molecular flexibility index (Phi) is 3.29. The predicted molar refractivity (Wildman–Crippen MR) is 80.0 cm³/mol. The van der Waals surface area contributed by atoms with Crippen LogP contribution in [0.4, 0.5) is 0 Å². The second-order valence-electron chi connectivity index (χ2n) is 4.59. The average Bonchev–Trinajstić information content (AvgIpc) is 2.94. The number of aryl methyl sites for hydroxylation is 2. The van der Waals surface area contributed by atoms with E-state index in [1.165, 1.54) is 10.4 Å². The molecule has 0 bridgehead atoms. The van der Waals surface area contributed by atoms with Crippen LogP contribution >= 0.6 is 22.9 Å². The van der Waals surface area contributed by atoms with E-state index in [-0.39, 0.29) is 0 Å². The van der Waals surface area contributed by atoms with E-state index in [9.17, 15) is 0 Å². The molecule has 0 aliphatic rings. The van der Waals surface area contributed by atoms with E-state index in [4.69, 9.17) is 11.6 Å². The zero-order valence-electron chi connectivity index (χ0n) is 10.9. The monoisotopic (exact) mass is 291 g/mol. The molecule has 0 spiro atoms. The SMILES string of the molecule is Cc1ccc2c(c1)nc(CCl)n2Cc1cnc(C)s1. The normalized spacial score (nSPS) is 11.3. The van der Waals surface area contributed by atoms with Gasteiger partial charge in [-0.3, -0.25) is 0 Å². The van der Waals surface area contributed by atoms with Crippen molar-refractivity contribution in [1.29, 1.82) is 0 Å². The molecule has 0 saturated carbocycles. The maximum Gasteiger partial charge on any atom is 0.125 e. The Labute approximate surface area is 120 Å². The topological polar surface area (TPSA) is 30.7 Å². The molecule has 98 valence electrons. The lowest BCUT2D eigenvalue weighted by atomic mass is 10.2. The van der Waals surface area contributed by atoms with Crippen LogP contribution in [0.25, 0.3) is 11.0 Å². The number of fused-ring (bicyclic) bond motifs is 1. The second kappa shape index (κ2) is 4.94. The summed E-state index contributed by atoms with van der Waals surface area (Å²) in [7, 11) is 0. The summed E-state index contributed by atoms with van der Waals surface area (Å²) in [5, 5.41) is 1.09. The number of hydrogen-bond donors (Lipinski definition) is 0. The Balaban J connectivity index is 2.10. The maximum absolute atomic E-state index is 6.02. The highest BCUT2D eigenvalue weighted by Gasteiger charge is 2.11. The number of halogens is 1. The summed E-state index contributed by atoms with van der Waals surface area (Å²) >= 11 is 7.73. The molecule has 0 saturated heterocycles. The first kappa shape index (κ1) is 12.6. The number of nitrogens with zero attached hydrogens (tertiary/aromatic N) is 3. The van der Waals surface area contributed by atoms with Crippen LogP contribution in [0.3, 0.4) is 0 Å². The molecule has 0 unspecified atom stereocenters. The van der Waals surface area contributed by atoms with Crippen LogP contribution in [0.5, 0.6) is 0 Å². The van der Waals surface area contributed by atoms with Gasteiger partial charge >= 0.3 is 0 Å². The van der Waals surface area contributed by atoms with Gasteiger partial charge in [0.1, 0.15) is 5.82 Å². The molecule has 0 aliphatic heterocycles. The largest absolute Gasteiger partial charge is 0.322 e. The van der Waals surface area contributed by atoms with E-state index in [0.717, 1.165) is 28.4 Å². The molecule has 0 N–H and O–H groups in total. The number of hydrogen-bond acceptors (Lipinski definition) is 3. The van der Waals surface area contributed by atoms with E-state index in [0.29, 0.717) is 5.88 Å². The lowest BCUT2D eigenvalue weighted by Gasteiger charge is -2.05. The van der Waals surface area contributed by atoms with Gasteiger partial charge < -0.3 is 4.57 Å². The number of imidazole rings is 1. The van der Waals surface area contributed by atoms with Gasteiger partial charge in [0.25, 0.3) is 0 Å². The molecule has 0 atom stereocenters. The van der Waals surface area contributed by atoms with E-state index in [1.807, 2.05) is 13.1 Å². The highest BCUT2D eigenvalue weighted by Crippen LogP contribution is 2.22. The quantitative estimate of drug-likeness (QED) is 0.685. The summed E-state index contributed by atoms with van der Waals surface area (Å²) in [5.41, 5.74) is 3.36. The molecule has 3 rings (SSSR count). The van der Waals surface area contributed by atoms with E-state index >= 15 is 0 Å². The number of thiazole rings is 1. The molecule has 1 aromatic carbocycles.